The highest BCUT2D eigenvalue weighted by Gasteiger charge is 2.40. The molecule has 4 amide bonds. The number of amides is 4. The van der Waals surface area contributed by atoms with Crippen LogP contribution in [0.1, 0.15) is 48.0 Å². The Kier molecular flexibility index (Phi) is 5.20. The Balaban J connectivity index is 1.38. The number of fused-ring (bicyclic) bond motifs is 1. The van der Waals surface area contributed by atoms with Gasteiger partial charge >= 0.3 is 0 Å². The minimum Gasteiger partial charge on any atom is -0.356 e. The zero-order valence-electron chi connectivity index (χ0n) is 17.5. The van der Waals surface area contributed by atoms with Gasteiger partial charge in [-0.3, -0.25) is 29.2 Å². The van der Waals surface area contributed by atoms with Gasteiger partial charge in [0.25, 0.3) is 5.91 Å². The number of carbonyl (C=O) groups is 4. The predicted molar refractivity (Wildman–Crippen MR) is 112 cm³/mol. The van der Waals surface area contributed by atoms with Gasteiger partial charge in [-0.15, -0.1) is 5.10 Å². The molecule has 2 N–H and O–H groups in total. The van der Waals surface area contributed by atoms with Crippen molar-refractivity contribution in [3.63, 3.8) is 0 Å². The van der Waals surface area contributed by atoms with Gasteiger partial charge in [-0.25, -0.2) is 0 Å². The molecule has 10 nitrogen and oxygen atoms in total. The lowest BCUT2D eigenvalue weighted by molar-refractivity contribution is -0.137. The second-order valence-electron chi connectivity index (χ2n) is 8.54. The second kappa shape index (κ2) is 8.18. The van der Waals surface area contributed by atoms with Crippen LogP contribution in [0.25, 0.3) is 11.3 Å². The highest BCUT2D eigenvalue weighted by Crippen LogP contribution is 2.34. The van der Waals surface area contributed by atoms with Crippen molar-refractivity contribution < 1.29 is 19.2 Å². The van der Waals surface area contributed by atoms with Crippen molar-refractivity contribution in [1.82, 2.24) is 30.5 Å². The van der Waals surface area contributed by atoms with Crippen LogP contribution in [-0.2, 0) is 27.5 Å². The Labute approximate surface area is 184 Å². The summed E-state index contributed by atoms with van der Waals surface area (Å²) in [5.41, 5.74) is 2.72. The van der Waals surface area contributed by atoms with Crippen LogP contribution in [0.2, 0.25) is 0 Å². The SMILES string of the molecule is O=C1CCC(N2Cc3c(cccc3-c3cn(CC4CCCCNC4=O)nn3)C2=O)C(=O)N1. The first-order valence-corrected chi connectivity index (χ1v) is 11.0. The molecule has 0 spiro atoms. The van der Waals surface area contributed by atoms with Crippen molar-refractivity contribution >= 4 is 23.6 Å². The molecule has 2 fully saturated rings. The van der Waals surface area contributed by atoms with E-state index in [9.17, 15) is 19.2 Å². The summed E-state index contributed by atoms with van der Waals surface area (Å²) in [6.07, 6.45) is 5.13. The van der Waals surface area contributed by atoms with Gasteiger partial charge in [0.2, 0.25) is 17.7 Å². The molecule has 3 aliphatic rings. The normalized spacial score (nSPS) is 23.6. The molecule has 166 valence electrons. The number of nitrogens with zero attached hydrogens (tertiary/aromatic N) is 4. The molecular formula is C22H24N6O4. The van der Waals surface area contributed by atoms with Crippen LogP contribution >= 0.6 is 0 Å². The molecule has 0 aliphatic carbocycles. The molecule has 0 radical (unpaired) electrons. The van der Waals surface area contributed by atoms with E-state index < -0.39 is 11.9 Å². The number of benzene rings is 1. The number of rotatable bonds is 4. The molecular weight excluding hydrogens is 412 g/mol. The fourth-order valence-corrected chi connectivity index (χ4v) is 4.74. The van der Waals surface area contributed by atoms with Gasteiger partial charge in [-0.1, -0.05) is 23.8 Å². The minimum atomic E-state index is -0.662. The molecule has 2 saturated heterocycles. The Bertz CT molecular complexity index is 1110. The van der Waals surface area contributed by atoms with Crippen molar-refractivity contribution in [3.05, 3.63) is 35.5 Å². The maximum atomic E-state index is 13.0. The lowest BCUT2D eigenvalue weighted by atomic mass is 10.0. The molecule has 0 bridgehead atoms. The van der Waals surface area contributed by atoms with Crippen LogP contribution in [0, 0.1) is 5.92 Å². The molecule has 10 heteroatoms. The fraction of sp³-hybridized carbons (Fsp3) is 0.455. The van der Waals surface area contributed by atoms with E-state index in [0.29, 0.717) is 30.8 Å². The van der Waals surface area contributed by atoms with E-state index in [2.05, 4.69) is 20.9 Å². The molecule has 0 saturated carbocycles. The average Bonchev–Trinajstić information content (AvgIpc) is 3.31. The van der Waals surface area contributed by atoms with Crippen molar-refractivity contribution in [2.24, 2.45) is 5.92 Å². The van der Waals surface area contributed by atoms with Crippen molar-refractivity contribution in [3.8, 4) is 11.3 Å². The lowest BCUT2D eigenvalue weighted by Crippen LogP contribution is -2.52. The quantitative estimate of drug-likeness (QED) is 0.677. The Hall–Kier alpha value is -3.56. The van der Waals surface area contributed by atoms with E-state index in [1.807, 2.05) is 6.07 Å². The van der Waals surface area contributed by atoms with Crippen LogP contribution in [0.3, 0.4) is 0 Å². The summed E-state index contributed by atoms with van der Waals surface area (Å²) in [6.45, 7) is 1.44. The van der Waals surface area contributed by atoms with Gasteiger partial charge in [-0.2, -0.15) is 0 Å². The number of imide groups is 1. The monoisotopic (exact) mass is 436 g/mol. The van der Waals surface area contributed by atoms with Crippen molar-refractivity contribution in [2.45, 2.75) is 51.2 Å². The number of hydrogen-bond donors (Lipinski definition) is 2. The van der Waals surface area contributed by atoms with E-state index in [0.717, 1.165) is 30.4 Å². The van der Waals surface area contributed by atoms with E-state index in [-0.39, 0.29) is 36.6 Å². The van der Waals surface area contributed by atoms with Gasteiger partial charge < -0.3 is 10.2 Å². The van der Waals surface area contributed by atoms with Gasteiger partial charge in [0.1, 0.15) is 11.7 Å². The first kappa shape index (κ1) is 20.3. The molecule has 5 rings (SSSR count). The Morgan fingerprint density at radius 3 is 2.72 bits per heavy atom. The van der Waals surface area contributed by atoms with Crippen LogP contribution < -0.4 is 10.6 Å². The lowest BCUT2D eigenvalue weighted by Gasteiger charge is -2.29. The zero-order chi connectivity index (χ0) is 22.2. The van der Waals surface area contributed by atoms with Crippen molar-refractivity contribution in [2.75, 3.05) is 6.54 Å². The number of nitrogens with one attached hydrogen (secondary N) is 2. The van der Waals surface area contributed by atoms with Crippen LogP contribution in [0.4, 0.5) is 0 Å². The molecule has 2 atom stereocenters. The molecule has 32 heavy (non-hydrogen) atoms. The largest absolute Gasteiger partial charge is 0.356 e. The fourth-order valence-electron chi connectivity index (χ4n) is 4.74. The average molecular weight is 436 g/mol. The van der Waals surface area contributed by atoms with Gasteiger partial charge in [0.05, 0.1) is 18.7 Å². The highest BCUT2D eigenvalue weighted by molar-refractivity contribution is 6.06. The summed E-state index contributed by atoms with van der Waals surface area (Å²) in [7, 11) is 0. The van der Waals surface area contributed by atoms with E-state index >= 15 is 0 Å². The van der Waals surface area contributed by atoms with Gasteiger partial charge in [0.15, 0.2) is 0 Å². The van der Waals surface area contributed by atoms with E-state index in [4.69, 9.17) is 0 Å². The summed E-state index contributed by atoms with van der Waals surface area (Å²) < 4.78 is 1.68. The molecule has 1 aromatic heterocycles. The summed E-state index contributed by atoms with van der Waals surface area (Å²) in [5.74, 6) is -1.06. The third kappa shape index (κ3) is 3.65. The molecule has 2 aromatic rings. The number of carbonyl (C=O) groups excluding carboxylic acids is 4. The van der Waals surface area contributed by atoms with Crippen LogP contribution in [-0.4, -0.2) is 56.1 Å². The van der Waals surface area contributed by atoms with E-state index in [1.165, 1.54) is 4.90 Å². The summed E-state index contributed by atoms with van der Waals surface area (Å²) in [5, 5.41) is 13.8. The maximum Gasteiger partial charge on any atom is 0.255 e. The van der Waals surface area contributed by atoms with Crippen LogP contribution in [0.5, 0.6) is 0 Å². The van der Waals surface area contributed by atoms with Gasteiger partial charge in [-0.05, 0) is 30.9 Å². The second-order valence-corrected chi connectivity index (χ2v) is 8.54. The number of piperidine rings is 1. The van der Waals surface area contributed by atoms with Crippen molar-refractivity contribution in [1.29, 1.82) is 0 Å². The Morgan fingerprint density at radius 1 is 1.03 bits per heavy atom. The first-order chi connectivity index (χ1) is 15.5. The van der Waals surface area contributed by atoms with Crippen LogP contribution in [0.15, 0.2) is 24.4 Å². The third-order valence-corrected chi connectivity index (χ3v) is 6.45. The molecule has 4 heterocycles. The van der Waals surface area contributed by atoms with E-state index in [1.54, 1.807) is 23.0 Å². The highest BCUT2D eigenvalue weighted by atomic mass is 16.2. The zero-order valence-corrected chi connectivity index (χ0v) is 17.5. The Morgan fingerprint density at radius 2 is 1.88 bits per heavy atom. The summed E-state index contributed by atoms with van der Waals surface area (Å²) >= 11 is 0. The van der Waals surface area contributed by atoms with Gasteiger partial charge in [0, 0.05) is 30.6 Å². The third-order valence-electron chi connectivity index (χ3n) is 6.45. The number of hydrogen-bond acceptors (Lipinski definition) is 6. The topological polar surface area (TPSA) is 126 Å². The summed E-state index contributed by atoms with van der Waals surface area (Å²) in [6, 6.07) is 4.75. The smallest absolute Gasteiger partial charge is 0.255 e. The maximum absolute atomic E-state index is 13.0. The first-order valence-electron chi connectivity index (χ1n) is 11.0. The standard InChI is InChI=1S/C22H24N6O4/c29-19-8-7-18(21(31)24-19)28-11-16-14(5-3-6-15(16)22(28)32)17-12-27(26-25-17)10-13-4-1-2-9-23-20(13)30/h3,5-6,12-13,18H,1-2,4,7-11H2,(H,23,30)(H,24,29,31). The number of aromatic nitrogens is 3. The summed E-state index contributed by atoms with van der Waals surface area (Å²) in [4.78, 5) is 50.6. The molecule has 1 aromatic carbocycles. The predicted octanol–water partition coefficient (Wildman–Crippen LogP) is 0.622. The molecule has 2 unspecified atom stereocenters. The molecule has 3 aliphatic heterocycles. The minimum absolute atomic E-state index is 0.0469.